The third-order valence-electron chi connectivity index (χ3n) is 3.32. The van der Waals surface area contributed by atoms with Crippen molar-refractivity contribution in [2.45, 2.75) is 25.3 Å². The number of likely N-dealkylation sites (tertiary alicyclic amines) is 1. The van der Waals surface area contributed by atoms with Crippen LogP contribution in [0.2, 0.25) is 0 Å². The third kappa shape index (κ3) is 4.65. The van der Waals surface area contributed by atoms with Crippen molar-refractivity contribution >= 4 is 18.4 Å². The van der Waals surface area contributed by atoms with Crippen molar-refractivity contribution in [3.8, 4) is 5.75 Å². The number of ether oxygens (including phenoxy) is 1. The highest BCUT2D eigenvalue weighted by Crippen LogP contribution is 2.17. The van der Waals surface area contributed by atoms with Crippen molar-refractivity contribution in [3.63, 3.8) is 0 Å². The van der Waals surface area contributed by atoms with Gasteiger partial charge in [0.2, 0.25) is 0 Å². The van der Waals surface area contributed by atoms with Crippen LogP contribution < -0.4 is 4.74 Å². The fourth-order valence-electron chi connectivity index (χ4n) is 2.36. The second-order valence-corrected chi connectivity index (χ2v) is 4.69. The average molecular weight is 304 g/mol. The van der Waals surface area contributed by atoms with Crippen LogP contribution in [0.3, 0.4) is 0 Å². The number of carboxylic acid groups (broad SMARTS) is 1. The minimum Gasteiger partial charge on any atom is -0.494 e. The fraction of sp³-hybridized carbons (Fsp3) is 0.500. The van der Waals surface area contributed by atoms with Crippen LogP contribution in [0.15, 0.2) is 24.3 Å². The van der Waals surface area contributed by atoms with Crippen LogP contribution >= 0.6 is 12.4 Å². The van der Waals surface area contributed by atoms with Gasteiger partial charge in [-0.1, -0.05) is 0 Å². The number of carboxylic acids is 1. The Hall–Kier alpha value is -1.33. The van der Waals surface area contributed by atoms with E-state index in [1.165, 1.54) is 12.1 Å². The largest absolute Gasteiger partial charge is 0.494 e. The maximum Gasteiger partial charge on any atom is 0.320 e. The molecule has 112 valence electrons. The first-order valence-electron chi connectivity index (χ1n) is 6.52. The maximum absolute atomic E-state index is 12.7. The minimum absolute atomic E-state index is 0. The molecule has 0 saturated carbocycles. The molecule has 0 bridgehead atoms. The van der Waals surface area contributed by atoms with E-state index < -0.39 is 5.97 Å². The normalized spacial score (nSPS) is 18.6. The lowest BCUT2D eigenvalue weighted by atomic mass is 10.2. The molecule has 1 fully saturated rings. The summed E-state index contributed by atoms with van der Waals surface area (Å²) >= 11 is 0. The Kier molecular flexibility index (Phi) is 6.75. The van der Waals surface area contributed by atoms with Gasteiger partial charge in [0.1, 0.15) is 17.6 Å². The van der Waals surface area contributed by atoms with Gasteiger partial charge in [0.05, 0.1) is 6.61 Å². The molecular weight excluding hydrogens is 285 g/mol. The van der Waals surface area contributed by atoms with E-state index in [-0.39, 0.29) is 24.3 Å². The van der Waals surface area contributed by atoms with Crippen LogP contribution in [-0.4, -0.2) is 41.7 Å². The summed E-state index contributed by atoms with van der Waals surface area (Å²) in [5.41, 5.74) is 0. The standard InChI is InChI=1S/C14H18FNO3.ClH/c15-11-4-6-12(7-5-11)19-10-2-9-16-8-1-3-13(16)14(17)18;/h4-7,13H,1-3,8-10H2,(H,17,18);1H/t13-;/m1./s1. The van der Waals surface area contributed by atoms with Gasteiger partial charge in [-0.3, -0.25) is 9.69 Å². The summed E-state index contributed by atoms with van der Waals surface area (Å²) in [5, 5.41) is 9.04. The molecule has 0 spiro atoms. The molecule has 6 heteroatoms. The zero-order valence-corrected chi connectivity index (χ0v) is 11.9. The van der Waals surface area contributed by atoms with E-state index in [1.54, 1.807) is 12.1 Å². The highest BCUT2D eigenvalue weighted by molar-refractivity contribution is 5.85. The predicted molar refractivity (Wildman–Crippen MR) is 76.0 cm³/mol. The summed E-state index contributed by atoms with van der Waals surface area (Å²) in [6, 6.07) is 5.55. The quantitative estimate of drug-likeness (QED) is 0.821. The lowest BCUT2D eigenvalue weighted by Gasteiger charge is -2.20. The highest BCUT2D eigenvalue weighted by atomic mass is 35.5. The smallest absolute Gasteiger partial charge is 0.320 e. The van der Waals surface area contributed by atoms with Gasteiger partial charge in [-0.2, -0.15) is 0 Å². The van der Waals surface area contributed by atoms with E-state index in [0.717, 1.165) is 32.4 Å². The van der Waals surface area contributed by atoms with Gasteiger partial charge in [0.25, 0.3) is 0 Å². The number of hydrogen-bond donors (Lipinski definition) is 1. The van der Waals surface area contributed by atoms with E-state index in [1.807, 2.05) is 4.90 Å². The van der Waals surface area contributed by atoms with Crippen molar-refractivity contribution in [2.24, 2.45) is 0 Å². The van der Waals surface area contributed by atoms with Gasteiger partial charge >= 0.3 is 5.97 Å². The van der Waals surface area contributed by atoms with E-state index in [9.17, 15) is 9.18 Å². The number of aliphatic carboxylic acids is 1. The van der Waals surface area contributed by atoms with Gasteiger partial charge < -0.3 is 9.84 Å². The number of benzene rings is 1. The molecule has 20 heavy (non-hydrogen) atoms. The van der Waals surface area contributed by atoms with Gasteiger partial charge in [-0.05, 0) is 50.1 Å². The lowest BCUT2D eigenvalue weighted by molar-refractivity contribution is -0.142. The first-order chi connectivity index (χ1) is 9.16. The number of carbonyl (C=O) groups is 1. The fourth-order valence-corrected chi connectivity index (χ4v) is 2.36. The molecule has 0 aromatic heterocycles. The molecule has 0 aliphatic carbocycles. The molecule has 1 heterocycles. The third-order valence-corrected chi connectivity index (χ3v) is 3.32. The molecule has 0 radical (unpaired) electrons. The van der Waals surface area contributed by atoms with Gasteiger partial charge in [0, 0.05) is 6.54 Å². The van der Waals surface area contributed by atoms with Crippen LogP contribution in [0.5, 0.6) is 5.75 Å². The molecule has 4 nitrogen and oxygen atoms in total. The van der Waals surface area contributed by atoms with Crippen LogP contribution in [-0.2, 0) is 4.79 Å². The molecule has 1 saturated heterocycles. The first kappa shape index (κ1) is 16.7. The summed E-state index contributed by atoms with van der Waals surface area (Å²) in [6.45, 7) is 2.07. The molecule has 0 unspecified atom stereocenters. The summed E-state index contributed by atoms with van der Waals surface area (Å²) in [7, 11) is 0. The molecule has 1 aromatic carbocycles. The Morgan fingerprint density at radius 3 is 2.75 bits per heavy atom. The average Bonchev–Trinajstić information content (AvgIpc) is 2.85. The van der Waals surface area contributed by atoms with Crippen LogP contribution in [0.4, 0.5) is 4.39 Å². The lowest BCUT2D eigenvalue weighted by Crippen LogP contribution is -2.36. The molecule has 1 N–H and O–H groups in total. The van der Waals surface area contributed by atoms with Crippen LogP contribution in [0, 0.1) is 5.82 Å². The van der Waals surface area contributed by atoms with E-state index in [0.29, 0.717) is 12.4 Å². The monoisotopic (exact) mass is 303 g/mol. The highest BCUT2D eigenvalue weighted by Gasteiger charge is 2.29. The first-order valence-corrected chi connectivity index (χ1v) is 6.52. The predicted octanol–water partition coefficient (Wildman–Crippen LogP) is 2.57. The molecule has 1 atom stereocenters. The van der Waals surface area contributed by atoms with Gasteiger partial charge in [-0.15, -0.1) is 12.4 Å². The summed E-state index contributed by atoms with van der Waals surface area (Å²) in [6.07, 6.45) is 2.44. The van der Waals surface area contributed by atoms with Crippen molar-refractivity contribution in [3.05, 3.63) is 30.1 Å². The Balaban J connectivity index is 0.00000200. The number of rotatable bonds is 6. The number of halogens is 2. The van der Waals surface area contributed by atoms with E-state index in [4.69, 9.17) is 9.84 Å². The zero-order valence-electron chi connectivity index (χ0n) is 11.1. The molecule has 1 aromatic rings. The molecule has 1 aliphatic rings. The summed E-state index contributed by atoms with van der Waals surface area (Å²) in [5.74, 6) is -0.386. The topological polar surface area (TPSA) is 49.8 Å². The van der Waals surface area contributed by atoms with Gasteiger partial charge in [0.15, 0.2) is 0 Å². The summed E-state index contributed by atoms with van der Waals surface area (Å²) in [4.78, 5) is 13.0. The second kappa shape index (κ2) is 8.07. The number of nitrogens with zero attached hydrogens (tertiary/aromatic N) is 1. The minimum atomic E-state index is -0.739. The Bertz CT molecular complexity index is 427. The van der Waals surface area contributed by atoms with Crippen molar-refractivity contribution in [1.82, 2.24) is 4.90 Å². The SMILES string of the molecule is Cl.O=C(O)[C@H]1CCCN1CCCOc1ccc(F)cc1. The maximum atomic E-state index is 12.7. The summed E-state index contributed by atoms with van der Waals surface area (Å²) < 4.78 is 18.2. The zero-order chi connectivity index (χ0) is 13.7. The van der Waals surface area contributed by atoms with Crippen LogP contribution in [0.1, 0.15) is 19.3 Å². The molecule has 2 rings (SSSR count). The van der Waals surface area contributed by atoms with Crippen molar-refractivity contribution in [2.75, 3.05) is 19.7 Å². The molecule has 1 aliphatic heterocycles. The van der Waals surface area contributed by atoms with Crippen LogP contribution in [0.25, 0.3) is 0 Å². The van der Waals surface area contributed by atoms with Crippen molar-refractivity contribution < 1.29 is 19.0 Å². The Morgan fingerprint density at radius 1 is 1.40 bits per heavy atom. The Labute approximate surface area is 123 Å². The molecule has 0 amide bonds. The van der Waals surface area contributed by atoms with E-state index in [2.05, 4.69) is 0 Å². The van der Waals surface area contributed by atoms with E-state index >= 15 is 0 Å². The Morgan fingerprint density at radius 2 is 2.10 bits per heavy atom. The number of hydrogen-bond acceptors (Lipinski definition) is 3. The second-order valence-electron chi connectivity index (χ2n) is 4.69. The van der Waals surface area contributed by atoms with Gasteiger partial charge in [-0.25, -0.2) is 4.39 Å². The van der Waals surface area contributed by atoms with Crippen molar-refractivity contribution in [1.29, 1.82) is 0 Å². The molecular formula is C14H19ClFNO3.